The lowest BCUT2D eigenvalue weighted by Crippen LogP contribution is -2.22. The smallest absolute Gasteiger partial charge is 0.170 e. The average Bonchev–Trinajstić information content (AvgIpc) is 2.57. The first-order chi connectivity index (χ1) is 12.9. The third kappa shape index (κ3) is 7.16. The Morgan fingerprint density at radius 3 is 2.18 bits per heavy atom. The number of hydrogen-bond donors (Lipinski definition) is 1. The van der Waals surface area contributed by atoms with E-state index in [0.717, 1.165) is 5.56 Å². The summed E-state index contributed by atoms with van der Waals surface area (Å²) in [5, 5.41) is 0. The molecule has 2 aromatic carbocycles. The molecule has 0 radical (unpaired) electrons. The van der Waals surface area contributed by atoms with Crippen LogP contribution in [0.3, 0.4) is 0 Å². The molecule has 0 aromatic heterocycles. The molecular formula is C24H30O3S. The number of benzene rings is 2. The highest BCUT2D eigenvalue weighted by molar-refractivity contribution is 7.81. The lowest BCUT2D eigenvalue weighted by molar-refractivity contribution is -0.121. The van der Waals surface area contributed by atoms with E-state index in [9.17, 15) is 9.59 Å². The van der Waals surface area contributed by atoms with Crippen molar-refractivity contribution >= 4 is 24.2 Å². The zero-order chi connectivity index (χ0) is 20.9. The van der Waals surface area contributed by atoms with Gasteiger partial charge in [0, 0.05) is 18.4 Å². The van der Waals surface area contributed by atoms with Crippen LogP contribution in [0.5, 0.6) is 5.75 Å². The summed E-state index contributed by atoms with van der Waals surface area (Å²) >= 11 is 4.41. The molecule has 4 heteroatoms. The number of rotatable bonds is 8. The molecule has 0 bridgehead atoms. The Balaban J connectivity index is 2.36. The largest absolute Gasteiger partial charge is 0.477 e. The minimum absolute atomic E-state index is 0.0508. The van der Waals surface area contributed by atoms with Crippen LogP contribution in [-0.4, -0.2) is 16.5 Å². The van der Waals surface area contributed by atoms with Gasteiger partial charge in [0.25, 0.3) is 0 Å². The van der Waals surface area contributed by atoms with Gasteiger partial charge < -0.3 is 4.74 Å². The fraction of sp³-hybridized carbons (Fsp3) is 0.417. The van der Waals surface area contributed by atoms with E-state index in [1.165, 1.54) is 0 Å². The molecule has 0 heterocycles. The Morgan fingerprint density at radius 1 is 0.964 bits per heavy atom. The van der Waals surface area contributed by atoms with E-state index in [4.69, 9.17) is 4.74 Å². The van der Waals surface area contributed by atoms with Crippen LogP contribution in [0.25, 0.3) is 0 Å². The van der Waals surface area contributed by atoms with Crippen LogP contribution < -0.4 is 4.74 Å². The number of Topliss-reactive ketones (excluding diaryl/α,β-unsaturated/α-hetero) is 2. The van der Waals surface area contributed by atoms with Gasteiger partial charge in [0.05, 0.1) is 5.92 Å². The van der Waals surface area contributed by atoms with Crippen LogP contribution in [-0.2, 0) is 4.79 Å². The van der Waals surface area contributed by atoms with E-state index < -0.39 is 10.9 Å². The maximum absolute atomic E-state index is 13.2. The van der Waals surface area contributed by atoms with Crippen LogP contribution in [0.4, 0.5) is 0 Å². The van der Waals surface area contributed by atoms with Crippen LogP contribution >= 0.6 is 12.6 Å². The summed E-state index contributed by atoms with van der Waals surface area (Å²) in [6.45, 7) is 9.79. The molecule has 0 aliphatic carbocycles. The van der Waals surface area contributed by atoms with Gasteiger partial charge in [0.2, 0.25) is 0 Å². The lowest BCUT2D eigenvalue weighted by atomic mass is 9.82. The molecule has 0 N–H and O–H groups in total. The summed E-state index contributed by atoms with van der Waals surface area (Å²) in [6, 6.07) is 16.5. The molecule has 28 heavy (non-hydrogen) atoms. The molecule has 150 valence electrons. The fourth-order valence-electron chi connectivity index (χ4n) is 3.14. The van der Waals surface area contributed by atoms with Crippen molar-refractivity contribution in [3.63, 3.8) is 0 Å². The molecule has 0 aliphatic heterocycles. The molecule has 1 unspecified atom stereocenters. The quantitative estimate of drug-likeness (QED) is 0.332. The first kappa shape index (κ1) is 22.2. The number of thiol groups is 1. The van der Waals surface area contributed by atoms with Gasteiger partial charge >= 0.3 is 0 Å². The van der Waals surface area contributed by atoms with Gasteiger partial charge in [0.15, 0.2) is 5.78 Å². The predicted molar refractivity (Wildman–Crippen MR) is 117 cm³/mol. The summed E-state index contributed by atoms with van der Waals surface area (Å²) < 4.78 is 5.83. The number of carbonyl (C=O) groups excluding carboxylic acids is 2. The Hall–Kier alpha value is -2.07. The van der Waals surface area contributed by atoms with Crippen molar-refractivity contribution in [1.82, 2.24) is 0 Å². The van der Waals surface area contributed by atoms with Crippen molar-refractivity contribution in [2.24, 2.45) is 5.41 Å². The second kappa shape index (κ2) is 8.95. The molecule has 0 spiro atoms. The van der Waals surface area contributed by atoms with Gasteiger partial charge in [-0.1, -0.05) is 63.2 Å². The summed E-state index contributed by atoms with van der Waals surface area (Å²) in [5.74, 6) is 0.128. The van der Waals surface area contributed by atoms with Crippen molar-refractivity contribution in [3.8, 4) is 5.75 Å². The maximum atomic E-state index is 13.2. The van der Waals surface area contributed by atoms with E-state index in [2.05, 4.69) is 12.6 Å². The van der Waals surface area contributed by atoms with Crippen molar-refractivity contribution in [2.45, 2.75) is 58.3 Å². The van der Waals surface area contributed by atoms with E-state index in [1.807, 2.05) is 77.1 Å². The molecule has 2 rings (SSSR count). The Labute approximate surface area is 173 Å². The van der Waals surface area contributed by atoms with Crippen LogP contribution in [0, 0.1) is 5.41 Å². The van der Waals surface area contributed by atoms with Crippen molar-refractivity contribution in [1.29, 1.82) is 0 Å². The average molecular weight is 399 g/mol. The molecular weight excluding hydrogens is 368 g/mol. The highest BCUT2D eigenvalue weighted by atomic mass is 32.1. The molecule has 0 fully saturated rings. The number of ether oxygens (including phenoxy) is 1. The minimum atomic E-state index is -0.639. The topological polar surface area (TPSA) is 43.4 Å². The zero-order valence-electron chi connectivity index (χ0n) is 17.4. The number of carbonyl (C=O) groups is 2. The third-order valence-corrected chi connectivity index (χ3v) is 4.25. The zero-order valence-corrected chi connectivity index (χ0v) is 18.3. The van der Waals surface area contributed by atoms with Crippen LogP contribution in [0.15, 0.2) is 54.6 Å². The van der Waals surface area contributed by atoms with Crippen molar-refractivity contribution in [3.05, 3.63) is 65.7 Å². The summed E-state index contributed by atoms with van der Waals surface area (Å²) in [7, 11) is 0. The van der Waals surface area contributed by atoms with Crippen LogP contribution in [0.1, 0.15) is 69.3 Å². The third-order valence-electron chi connectivity index (χ3n) is 4.16. The first-order valence-corrected chi connectivity index (χ1v) is 10.0. The fourth-order valence-corrected chi connectivity index (χ4v) is 3.25. The SMILES string of the molecule is CC(C)(C)CC(=O)CC(C(=O)c1ccccc1)c1cccc(OC(C)(C)S)c1. The molecule has 0 saturated carbocycles. The minimum Gasteiger partial charge on any atom is -0.477 e. The number of hydrogen-bond acceptors (Lipinski definition) is 4. The second-order valence-electron chi connectivity index (χ2n) is 8.88. The molecule has 0 saturated heterocycles. The van der Waals surface area contributed by atoms with E-state index in [-0.39, 0.29) is 23.4 Å². The van der Waals surface area contributed by atoms with Gasteiger partial charge in [0.1, 0.15) is 16.5 Å². The summed E-state index contributed by atoms with van der Waals surface area (Å²) in [4.78, 5) is 25.3. The van der Waals surface area contributed by atoms with E-state index in [0.29, 0.717) is 17.7 Å². The van der Waals surface area contributed by atoms with Gasteiger partial charge in [-0.05, 0) is 37.0 Å². The predicted octanol–water partition coefficient (Wildman–Crippen LogP) is 6.09. The molecule has 3 nitrogen and oxygen atoms in total. The van der Waals surface area contributed by atoms with Gasteiger partial charge in [-0.15, -0.1) is 12.6 Å². The Morgan fingerprint density at radius 2 is 1.61 bits per heavy atom. The van der Waals surface area contributed by atoms with Crippen molar-refractivity contribution < 1.29 is 14.3 Å². The molecule has 0 aliphatic rings. The van der Waals surface area contributed by atoms with Gasteiger partial charge in [-0.2, -0.15) is 0 Å². The van der Waals surface area contributed by atoms with E-state index in [1.54, 1.807) is 12.1 Å². The normalized spacial score (nSPS) is 13.1. The maximum Gasteiger partial charge on any atom is 0.170 e. The summed E-state index contributed by atoms with van der Waals surface area (Å²) in [5.41, 5.74) is 1.28. The Bertz CT molecular complexity index is 814. The second-order valence-corrected chi connectivity index (χ2v) is 9.96. The van der Waals surface area contributed by atoms with E-state index >= 15 is 0 Å². The highest BCUT2D eigenvalue weighted by Crippen LogP contribution is 2.31. The molecule has 1 atom stereocenters. The highest BCUT2D eigenvalue weighted by Gasteiger charge is 2.27. The van der Waals surface area contributed by atoms with Crippen molar-refractivity contribution in [2.75, 3.05) is 0 Å². The Kier molecular flexibility index (Phi) is 7.11. The monoisotopic (exact) mass is 398 g/mol. The molecule has 2 aromatic rings. The first-order valence-electron chi connectivity index (χ1n) is 9.57. The van der Waals surface area contributed by atoms with Gasteiger partial charge in [-0.3, -0.25) is 9.59 Å². The lowest BCUT2D eigenvalue weighted by Gasteiger charge is -2.23. The standard InChI is InChI=1S/C24H30O3S/c1-23(2,3)16-19(25)15-21(22(26)17-10-7-6-8-11-17)18-12-9-13-20(14-18)27-24(4,5)28/h6-14,21,28H,15-16H2,1-5H3. The summed E-state index contributed by atoms with van der Waals surface area (Å²) in [6.07, 6.45) is 0.615. The van der Waals surface area contributed by atoms with Gasteiger partial charge in [-0.25, -0.2) is 0 Å². The number of ketones is 2. The molecule has 0 amide bonds. The van der Waals surface area contributed by atoms with Crippen LogP contribution in [0.2, 0.25) is 0 Å².